The van der Waals surface area contributed by atoms with Crippen LogP contribution in [0.15, 0.2) is 53.3 Å². The van der Waals surface area contributed by atoms with E-state index < -0.39 is 0 Å². The number of halogens is 1. The predicted molar refractivity (Wildman–Crippen MR) is 92.4 cm³/mol. The molecule has 2 aromatic heterocycles. The van der Waals surface area contributed by atoms with Crippen molar-refractivity contribution in [2.75, 3.05) is 18.0 Å². The van der Waals surface area contributed by atoms with Gasteiger partial charge in [-0.25, -0.2) is 15.0 Å². The molecule has 0 saturated carbocycles. The van der Waals surface area contributed by atoms with Gasteiger partial charge in [-0.3, -0.25) is 0 Å². The van der Waals surface area contributed by atoms with Crippen molar-refractivity contribution in [1.82, 2.24) is 15.0 Å². The number of aromatic nitrogens is 3. The molecular weight excluding hydrogens is 324 g/mol. The summed E-state index contributed by atoms with van der Waals surface area (Å²) in [7, 11) is 0. The van der Waals surface area contributed by atoms with Crippen LogP contribution in [0.3, 0.4) is 0 Å². The zero-order valence-electron chi connectivity index (χ0n) is 13.1. The van der Waals surface area contributed by atoms with Crippen LogP contribution >= 0.6 is 11.6 Å². The summed E-state index contributed by atoms with van der Waals surface area (Å²) >= 11 is 6.03. The first kappa shape index (κ1) is 15.1. The molecule has 0 radical (unpaired) electrons. The van der Waals surface area contributed by atoms with Gasteiger partial charge in [-0.2, -0.15) is 0 Å². The van der Waals surface area contributed by atoms with E-state index in [1.165, 1.54) is 0 Å². The highest BCUT2D eigenvalue weighted by Gasteiger charge is 2.28. The monoisotopic (exact) mass is 340 g/mol. The van der Waals surface area contributed by atoms with E-state index >= 15 is 0 Å². The molecule has 1 fully saturated rings. The molecule has 4 rings (SSSR count). The first-order chi connectivity index (χ1) is 11.8. The van der Waals surface area contributed by atoms with E-state index in [4.69, 9.17) is 16.0 Å². The quantitative estimate of drug-likeness (QED) is 0.724. The van der Waals surface area contributed by atoms with E-state index in [1.807, 2.05) is 36.5 Å². The van der Waals surface area contributed by atoms with Gasteiger partial charge in [0.2, 0.25) is 5.95 Å². The summed E-state index contributed by atoms with van der Waals surface area (Å²) < 4.78 is 5.97. The average Bonchev–Trinajstić information content (AvgIpc) is 3.25. The topological polar surface area (TPSA) is 55.1 Å². The third-order valence-electron chi connectivity index (χ3n) is 4.21. The van der Waals surface area contributed by atoms with Crippen molar-refractivity contribution in [2.24, 2.45) is 0 Å². The molecule has 0 N–H and O–H groups in total. The largest absolute Gasteiger partial charge is 0.445 e. The highest BCUT2D eigenvalue weighted by molar-refractivity contribution is 6.30. The maximum absolute atomic E-state index is 6.03. The highest BCUT2D eigenvalue weighted by Crippen LogP contribution is 2.29. The van der Waals surface area contributed by atoms with Crippen molar-refractivity contribution in [2.45, 2.75) is 18.8 Å². The zero-order chi connectivity index (χ0) is 16.4. The van der Waals surface area contributed by atoms with Gasteiger partial charge in [-0.05, 0) is 30.2 Å². The van der Waals surface area contributed by atoms with E-state index in [0.29, 0.717) is 6.42 Å². The molecule has 0 bridgehead atoms. The van der Waals surface area contributed by atoms with E-state index in [9.17, 15) is 0 Å². The normalized spacial score (nSPS) is 17.4. The molecule has 122 valence electrons. The second kappa shape index (κ2) is 6.61. The zero-order valence-corrected chi connectivity index (χ0v) is 13.9. The van der Waals surface area contributed by atoms with Crippen molar-refractivity contribution >= 4 is 17.5 Å². The van der Waals surface area contributed by atoms with Crippen molar-refractivity contribution in [3.63, 3.8) is 0 Å². The van der Waals surface area contributed by atoms with Gasteiger partial charge in [-0.15, -0.1) is 0 Å². The maximum atomic E-state index is 6.03. The molecule has 1 aliphatic heterocycles. The summed E-state index contributed by atoms with van der Waals surface area (Å²) in [4.78, 5) is 15.3. The Labute approximate surface area is 145 Å². The first-order valence-electron chi connectivity index (χ1n) is 7.99. The van der Waals surface area contributed by atoms with Crippen LogP contribution < -0.4 is 4.90 Å². The number of hydrogen-bond donors (Lipinski definition) is 0. The molecule has 0 aliphatic carbocycles. The summed E-state index contributed by atoms with van der Waals surface area (Å²) in [6.07, 6.45) is 7.05. The van der Waals surface area contributed by atoms with Gasteiger partial charge in [0.25, 0.3) is 0 Å². The Morgan fingerprint density at radius 1 is 1.17 bits per heavy atom. The van der Waals surface area contributed by atoms with Crippen LogP contribution in [0.2, 0.25) is 5.02 Å². The summed E-state index contributed by atoms with van der Waals surface area (Å²) in [6, 6.07) is 9.64. The number of benzene rings is 1. The second-order valence-corrected chi connectivity index (χ2v) is 6.39. The molecule has 0 spiro atoms. The Hall–Kier alpha value is -2.40. The lowest BCUT2D eigenvalue weighted by Crippen LogP contribution is -2.21. The van der Waals surface area contributed by atoms with E-state index in [1.54, 1.807) is 12.4 Å². The number of rotatable bonds is 4. The third-order valence-corrected chi connectivity index (χ3v) is 4.45. The summed E-state index contributed by atoms with van der Waals surface area (Å²) in [5, 5.41) is 0.738. The maximum Gasteiger partial charge on any atom is 0.225 e. The minimum atomic E-state index is 0.280. The van der Waals surface area contributed by atoms with Crippen molar-refractivity contribution in [3.05, 3.63) is 71.2 Å². The van der Waals surface area contributed by atoms with Gasteiger partial charge < -0.3 is 9.32 Å². The standard InChI is InChI=1S/C18H17ClN4O/c19-15-4-1-3-13(9-15)10-16-11-22-17(24-16)14-5-8-23(12-14)18-20-6-2-7-21-18/h1-4,6-7,9,11,14H,5,8,10,12H2. The molecular formula is C18H17ClN4O. The van der Waals surface area contributed by atoms with Crippen LogP contribution in [0.1, 0.15) is 29.6 Å². The van der Waals surface area contributed by atoms with Crippen LogP contribution in [0.4, 0.5) is 5.95 Å². The molecule has 0 amide bonds. The van der Waals surface area contributed by atoms with Gasteiger partial charge in [0.1, 0.15) is 5.76 Å². The number of anilines is 1. The molecule has 1 saturated heterocycles. The summed E-state index contributed by atoms with van der Waals surface area (Å²) in [6.45, 7) is 1.75. The molecule has 5 nitrogen and oxygen atoms in total. The van der Waals surface area contributed by atoms with E-state index in [-0.39, 0.29) is 5.92 Å². The Morgan fingerprint density at radius 2 is 2.04 bits per heavy atom. The van der Waals surface area contributed by atoms with Crippen LogP contribution in [0.25, 0.3) is 0 Å². The summed E-state index contributed by atoms with van der Waals surface area (Å²) in [5.41, 5.74) is 1.12. The smallest absolute Gasteiger partial charge is 0.225 e. The van der Waals surface area contributed by atoms with Crippen molar-refractivity contribution in [3.8, 4) is 0 Å². The van der Waals surface area contributed by atoms with Crippen LogP contribution in [-0.2, 0) is 6.42 Å². The number of nitrogens with zero attached hydrogens (tertiary/aromatic N) is 4. The lowest BCUT2D eigenvalue weighted by molar-refractivity contribution is 0.433. The SMILES string of the molecule is Clc1cccc(Cc2cnc(C3CCN(c4ncccn4)C3)o2)c1. The Bertz CT molecular complexity index is 821. The summed E-state index contributed by atoms with van der Waals surface area (Å²) in [5.74, 6) is 2.71. The number of hydrogen-bond acceptors (Lipinski definition) is 5. The number of oxazole rings is 1. The molecule has 3 heterocycles. The fraction of sp³-hybridized carbons (Fsp3) is 0.278. The minimum Gasteiger partial charge on any atom is -0.445 e. The average molecular weight is 341 g/mol. The van der Waals surface area contributed by atoms with Gasteiger partial charge in [0.15, 0.2) is 5.89 Å². The fourth-order valence-corrected chi connectivity index (χ4v) is 3.25. The molecule has 1 aromatic carbocycles. The molecule has 1 atom stereocenters. The predicted octanol–water partition coefficient (Wildman–Crippen LogP) is 3.70. The molecule has 1 aliphatic rings. The Balaban J connectivity index is 1.44. The minimum absolute atomic E-state index is 0.280. The van der Waals surface area contributed by atoms with Crippen molar-refractivity contribution < 1.29 is 4.42 Å². The van der Waals surface area contributed by atoms with Gasteiger partial charge in [-0.1, -0.05) is 23.7 Å². The molecule has 24 heavy (non-hydrogen) atoms. The highest BCUT2D eigenvalue weighted by atomic mass is 35.5. The van der Waals surface area contributed by atoms with Crippen LogP contribution in [0, 0.1) is 0 Å². The Kier molecular flexibility index (Phi) is 4.17. The lowest BCUT2D eigenvalue weighted by Gasteiger charge is -2.14. The van der Waals surface area contributed by atoms with E-state index in [2.05, 4.69) is 19.9 Å². The van der Waals surface area contributed by atoms with Crippen LogP contribution in [0.5, 0.6) is 0 Å². The second-order valence-electron chi connectivity index (χ2n) is 5.95. The molecule has 3 aromatic rings. The third kappa shape index (κ3) is 3.26. The van der Waals surface area contributed by atoms with Crippen molar-refractivity contribution in [1.29, 1.82) is 0 Å². The lowest BCUT2D eigenvalue weighted by atomic mass is 10.1. The fourth-order valence-electron chi connectivity index (χ4n) is 3.04. The van der Waals surface area contributed by atoms with Gasteiger partial charge in [0.05, 0.1) is 12.1 Å². The molecule has 1 unspecified atom stereocenters. The first-order valence-corrected chi connectivity index (χ1v) is 8.37. The van der Waals surface area contributed by atoms with Gasteiger partial charge in [0, 0.05) is 36.9 Å². The molecule has 6 heteroatoms. The van der Waals surface area contributed by atoms with E-state index in [0.717, 1.165) is 47.7 Å². The van der Waals surface area contributed by atoms with Crippen LogP contribution in [-0.4, -0.2) is 28.0 Å². The Morgan fingerprint density at radius 3 is 2.88 bits per heavy atom. The van der Waals surface area contributed by atoms with Gasteiger partial charge >= 0.3 is 0 Å².